The summed E-state index contributed by atoms with van der Waals surface area (Å²) in [6, 6.07) is 6.15. The summed E-state index contributed by atoms with van der Waals surface area (Å²) in [7, 11) is 9.16. The molecule has 1 atom stereocenters. The number of hydrogen-bond acceptors (Lipinski definition) is 6. The third-order valence-electron chi connectivity index (χ3n) is 4.18. The van der Waals surface area contributed by atoms with Crippen LogP contribution in [0.25, 0.3) is 0 Å². The second-order valence-corrected chi connectivity index (χ2v) is 7.58. The molecule has 0 aliphatic heterocycles. The van der Waals surface area contributed by atoms with E-state index in [0.29, 0.717) is 13.1 Å². The number of rotatable bonds is 8. The van der Waals surface area contributed by atoms with Crippen LogP contribution < -0.4 is 20.1 Å². The number of thiazole rings is 1. The molecule has 8 heteroatoms. The maximum Gasteiger partial charge on any atom is 0.191 e. The second kappa shape index (κ2) is 10.1. The number of aromatic nitrogens is 1. The SMILES string of the molecule is CN=C(NCc1ncc(C)s1)NCC(c1ccc(OC)c(OC)c1)N(C)C. The summed E-state index contributed by atoms with van der Waals surface area (Å²) in [5.41, 5.74) is 1.14. The first-order valence-corrected chi connectivity index (χ1v) is 9.54. The number of aryl methyl sites for hydroxylation is 1. The molecule has 0 saturated heterocycles. The van der Waals surface area contributed by atoms with Gasteiger partial charge in [-0.3, -0.25) is 4.99 Å². The Morgan fingerprint density at radius 3 is 2.52 bits per heavy atom. The van der Waals surface area contributed by atoms with Crippen LogP contribution in [0.5, 0.6) is 11.5 Å². The van der Waals surface area contributed by atoms with Gasteiger partial charge in [-0.2, -0.15) is 0 Å². The highest BCUT2D eigenvalue weighted by Crippen LogP contribution is 2.31. The van der Waals surface area contributed by atoms with Crippen LogP contribution in [0.1, 0.15) is 21.5 Å². The molecule has 0 aliphatic carbocycles. The average molecular weight is 392 g/mol. The smallest absolute Gasteiger partial charge is 0.191 e. The van der Waals surface area contributed by atoms with Crippen LogP contribution in [0.15, 0.2) is 29.4 Å². The molecule has 2 N–H and O–H groups in total. The fourth-order valence-electron chi connectivity index (χ4n) is 2.72. The predicted molar refractivity (Wildman–Crippen MR) is 111 cm³/mol. The van der Waals surface area contributed by atoms with Crippen molar-refractivity contribution in [3.8, 4) is 11.5 Å². The van der Waals surface area contributed by atoms with Gasteiger partial charge in [-0.25, -0.2) is 4.98 Å². The molecular formula is C19H29N5O2S. The second-order valence-electron chi connectivity index (χ2n) is 6.27. The first kappa shape index (κ1) is 21.0. The Labute approximate surface area is 165 Å². The lowest BCUT2D eigenvalue weighted by Crippen LogP contribution is -2.41. The van der Waals surface area contributed by atoms with Gasteiger partial charge in [0, 0.05) is 24.7 Å². The Balaban J connectivity index is 2.02. The van der Waals surface area contributed by atoms with Crippen LogP contribution in [-0.2, 0) is 6.54 Å². The minimum atomic E-state index is 0.144. The van der Waals surface area contributed by atoms with Gasteiger partial charge in [-0.1, -0.05) is 6.07 Å². The zero-order chi connectivity index (χ0) is 19.8. The molecule has 0 radical (unpaired) electrons. The van der Waals surface area contributed by atoms with Gasteiger partial charge in [0.2, 0.25) is 0 Å². The van der Waals surface area contributed by atoms with Gasteiger partial charge in [0.25, 0.3) is 0 Å². The van der Waals surface area contributed by atoms with Gasteiger partial charge < -0.3 is 25.0 Å². The number of nitrogens with one attached hydrogen (secondary N) is 2. The Bertz CT molecular complexity index is 760. The molecule has 27 heavy (non-hydrogen) atoms. The number of nitrogens with zero attached hydrogens (tertiary/aromatic N) is 3. The summed E-state index contributed by atoms with van der Waals surface area (Å²) < 4.78 is 10.8. The molecule has 0 saturated carbocycles. The molecule has 0 bridgehead atoms. The zero-order valence-electron chi connectivity index (χ0n) is 16.9. The van der Waals surface area contributed by atoms with Crippen LogP contribution in [-0.4, -0.2) is 57.8 Å². The molecule has 0 fully saturated rings. The molecule has 0 spiro atoms. The number of guanidine groups is 1. The summed E-state index contributed by atoms with van der Waals surface area (Å²) in [4.78, 5) is 12.0. The number of ether oxygens (including phenoxy) is 2. The number of likely N-dealkylation sites (N-methyl/N-ethyl adjacent to an activating group) is 1. The highest BCUT2D eigenvalue weighted by atomic mass is 32.1. The van der Waals surface area contributed by atoms with E-state index in [4.69, 9.17) is 9.47 Å². The molecule has 7 nitrogen and oxygen atoms in total. The summed E-state index contributed by atoms with van der Waals surface area (Å²) in [6.07, 6.45) is 1.89. The molecular weight excluding hydrogens is 362 g/mol. The number of hydrogen-bond donors (Lipinski definition) is 2. The average Bonchev–Trinajstić information content (AvgIpc) is 3.09. The molecule has 1 unspecified atom stereocenters. The van der Waals surface area contributed by atoms with E-state index in [1.807, 2.05) is 18.3 Å². The van der Waals surface area contributed by atoms with E-state index < -0.39 is 0 Å². The van der Waals surface area contributed by atoms with Gasteiger partial charge in [0.15, 0.2) is 17.5 Å². The lowest BCUT2D eigenvalue weighted by molar-refractivity contribution is 0.295. The summed E-state index contributed by atoms with van der Waals surface area (Å²) in [5.74, 6) is 2.20. The van der Waals surface area contributed by atoms with Crippen LogP contribution in [0, 0.1) is 6.92 Å². The maximum atomic E-state index is 5.44. The molecule has 2 rings (SSSR count). The minimum Gasteiger partial charge on any atom is -0.493 e. The van der Waals surface area contributed by atoms with Crippen molar-refractivity contribution in [1.29, 1.82) is 0 Å². The van der Waals surface area contributed by atoms with Gasteiger partial charge in [0.05, 0.1) is 26.8 Å². The monoisotopic (exact) mass is 391 g/mol. The Kier molecular flexibility index (Phi) is 7.87. The highest BCUT2D eigenvalue weighted by molar-refractivity contribution is 7.11. The predicted octanol–water partition coefficient (Wildman–Crippen LogP) is 2.44. The molecule has 148 valence electrons. The van der Waals surface area contributed by atoms with Crippen molar-refractivity contribution in [3.05, 3.63) is 39.8 Å². The highest BCUT2D eigenvalue weighted by Gasteiger charge is 2.17. The van der Waals surface area contributed by atoms with E-state index in [1.54, 1.807) is 32.6 Å². The van der Waals surface area contributed by atoms with Gasteiger partial charge in [-0.15, -0.1) is 11.3 Å². The van der Waals surface area contributed by atoms with E-state index in [2.05, 4.69) is 52.6 Å². The fraction of sp³-hybridized carbons (Fsp3) is 0.474. The van der Waals surface area contributed by atoms with Crippen molar-refractivity contribution in [3.63, 3.8) is 0 Å². The molecule has 0 aliphatic rings. The third kappa shape index (κ3) is 5.83. The topological polar surface area (TPSA) is 71.0 Å². The van der Waals surface area contributed by atoms with Crippen LogP contribution in [0.2, 0.25) is 0 Å². The molecule has 1 heterocycles. The summed E-state index contributed by atoms with van der Waals surface area (Å²) >= 11 is 1.68. The lowest BCUT2D eigenvalue weighted by atomic mass is 10.1. The van der Waals surface area contributed by atoms with Crippen molar-refractivity contribution in [1.82, 2.24) is 20.5 Å². The number of benzene rings is 1. The minimum absolute atomic E-state index is 0.144. The Morgan fingerprint density at radius 2 is 1.96 bits per heavy atom. The Hall–Kier alpha value is -2.32. The van der Waals surface area contributed by atoms with E-state index in [-0.39, 0.29) is 6.04 Å². The van der Waals surface area contributed by atoms with Crippen LogP contribution in [0.3, 0.4) is 0 Å². The van der Waals surface area contributed by atoms with Crippen molar-refractivity contribution in [2.45, 2.75) is 19.5 Å². The third-order valence-corrected chi connectivity index (χ3v) is 5.09. The van der Waals surface area contributed by atoms with Crippen molar-refractivity contribution in [2.75, 3.05) is 41.9 Å². The lowest BCUT2D eigenvalue weighted by Gasteiger charge is -2.26. The van der Waals surface area contributed by atoms with Crippen LogP contribution >= 0.6 is 11.3 Å². The Morgan fingerprint density at radius 1 is 1.22 bits per heavy atom. The fourth-order valence-corrected chi connectivity index (χ4v) is 3.44. The largest absolute Gasteiger partial charge is 0.493 e. The summed E-state index contributed by atoms with van der Waals surface area (Å²) in [6.45, 7) is 3.40. The van der Waals surface area contributed by atoms with Crippen molar-refractivity contribution >= 4 is 17.3 Å². The molecule has 1 aromatic heterocycles. The van der Waals surface area contributed by atoms with E-state index >= 15 is 0 Å². The van der Waals surface area contributed by atoms with Gasteiger partial charge in [-0.05, 0) is 38.7 Å². The maximum absolute atomic E-state index is 5.44. The summed E-state index contributed by atoms with van der Waals surface area (Å²) in [5, 5.41) is 7.74. The first-order valence-electron chi connectivity index (χ1n) is 8.72. The normalized spacial score (nSPS) is 12.8. The van der Waals surface area contributed by atoms with Gasteiger partial charge in [0.1, 0.15) is 5.01 Å². The van der Waals surface area contributed by atoms with Crippen molar-refractivity contribution < 1.29 is 9.47 Å². The first-order chi connectivity index (χ1) is 13.0. The molecule has 1 aromatic carbocycles. The van der Waals surface area contributed by atoms with Crippen LogP contribution in [0.4, 0.5) is 0 Å². The van der Waals surface area contributed by atoms with E-state index in [1.165, 1.54) is 4.88 Å². The van der Waals surface area contributed by atoms with Gasteiger partial charge >= 0.3 is 0 Å². The van der Waals surface area contributed by atoms with E-state index in [9.17, 15) is 0 Å². The zero-order valence-corrected chi connectivity index (χ0v) is 17.7. The molecule has 2 aromatic rings. The standard InChI is InChI=1S/C19H29N5O2S/c1-13-10-21-18(27-13)12-23-19(20-2)22-11-15(24(3)4)14-7-8-16(25-5)17(9-14)26-6/h7-10,15H,11-12H2,1-6H3,(H2,20,22,23). The molecule has 0 amide bonds. The quantitative estimate of drug-likeness (QED) is 0.532. The number of methoxy groups -OCH3 is 2. The number of aliphatic imine (C=N–C) groups is 1. The van der Waals surface area contributed by atoms with Crippen molar-refractivity contribution in [2.24, 2.45) is 4.99 Å². The van der Waals surface area contributed by atoms with E-state index in [0.717, 1.165) is 28.0 Å².